The first-order valence-electron chi connectivity index (χ1n) is 7.03. The van der Waals surface area contributed by atoms with Crippen LogP contribution in [0.1, 0.15) is 50.4 Å². The van der Waals surface area contributed by atoms with Gasteiger partial charge < -0.3 is 9.30 Å². The van der Waals surface area contributed by atoms with E-state index in [1.807, 2.05) is 6.08 Å². The molecule has 1 aromatic heterocycles. The largest absolute Gasteiger partial charge is 0.466 e. The molecular weight excluding hydrogens is 274 g/mol. The lowest BCUT2D eigenvalue weighted by atomic mass is 10.3. The van der Waals surface area contributed by atoms with Crippen LogP contribution in [0.3, 0.4) is 0 Å². The highest BCUT2D eigenvalue weighted by Gasteiger charge is 2.36. The maximum Gasteiger partial charge on any atom is 0.333 e. The molecule has 0 spiro atoms. The van der Waals surface area contributed by atoms with Crippen molar-refractivity contribution >= 4 is 17.7 Å². The Kier molecular flexibility index (Phi) is 3.83. The highest BCUT2D eigenvalue weighted by atomic mass is 32.2. The minimum absolute atomic E-state index is 0.270. The van der Waals surface area contributed by atoms with E-state index in [2.05, 4.69) is 19.5 Å². The predicted octanol–water partition coefficient (Wildman–Crippen LogP) is 2.70. The Bertz CT molecular complexity index is 545. The van der Waals surface area contributed by atoms with Gasteiger partial charge in [0.05, 0.1) is 7.11 Å². The zero-order valence-corrected chi connectivity index (χ0v) is 12.7. The van der Waals surface area contributed by atoms with Gasteiger partial charge in [0.2, 0.25) is 0 Å². The number of carbonyl (C=O) groups excluding carboxylic acids is 1. The fraction of sp³-hybridized carbons (Fsp3) is 0.643. The van der Waals surface area contributed by atoms with Crippen molar-refractivity contribution in [3.63, 3.8) is 0 Å². The summed E-state index contributed by atoms with van der Waals surface area (Å²) >= 11 is 1.64. The van der Waals surface area contributed by atoms with Gasteiger partial charge in [0.1, 0.15) is 5.82 Å². The van der Waals surface area contributed by atoms with E-state index in [4.69, 9.17) is 0 Å². The number of ether oxygens (including phenoxy) is 1. The van der Waals surface area contributed by atoms with Gasteiger partial charge >= 0.3 is 5.97 Å². The molecule has 0 aliphatic heterocycles. The van der Waals surface area contributed by atoms with Crippen LogP contribution in [0, 0.1) is 0 Å². The first-order chi connectivity index (χ1) is 9.70. The molecule has 3 rings (SSSR count). The third kappa shape index (κ3) is 2.90. The zero-order chi connectivity index (χ0) is 14.1. The second-order valence-electron chi connectivity index (χ2n) is 5.41. The van der Waals surface area contributed by atoms with Crippen molar-refractivity contribution in [1.82, 2.24) is 14.8 Å². The van der Waals surface area contributed by atoms with Crippen LogP contribution in [0.15, 0.2) is 16.8 Å². The predicted molar refractivity (Wildman–Crippen MR) is 76.8 cm³/mol. The second-order valence-corrected chi connectivity index (χ2v) is 6.39. The summed E-state index contributed by atoms with van der Waals surface area (Å²) in [5.74, 6) is 2.25. The second kappa shape index (κ2) is 5.60. The minimum Gasteiger partial charge on any atom is -0.466 e. The van der Waals surface area contributed by atoms with Crippen molar-refractivity contribution in [2.45, 2.75) is 49.7 Å². The molecule has 0 aromatic carbocycles. The van der Waals surface area contributed by atoms with Gasteiger partial charge in [-0.2, -0.15) is 0 Å². The Labute approximate surface area is 122 Å². The van der Waals surface area contributed by atoms with Gasteiger partial charge in [-0.25, -0.2) is 4.79 Å². The van der Waals surface area contributed by atoms with E-state index in [1.165, 1.54) is 38.6 Å². The van der Waals surface area contributed by atoms with Gasteiger partial charge in [-0.15, -0.1) is 10.2 Å². The fourth-order valence-corrected chi connectivity index (χ4v) is 3.13. The minimum atomic E-state index is -0.270. The van der Waals surface area contributed by atoms with Crippen LogP contribution in [0.25, 0.3) is 0 Å². The van der Waals surface area contributed by atoms with Crippen LogP contribution in [-0.2, 0) is 9.53 Å². The number of esters is 1. The van der Waals surface area contributed by atoms with Gasteiger partial charge in [0.25, 0.3) is 0 Å². The molecule has 2 aliphatic rings. The smallest absolute Gasteiger partial charge is 0.333 e. The summed E-state index contributed by atoms with van der Waals surface area (Å²) in [6.45, 7) is 1.77. The Morgan fingerprint density at radius 2 is 2.15 bits per heavy atom. The molecule has 108 valence electrons. The van der Waals surface area contributed by atoms with Crippen LogP contribution >= 0.6 is 11.8 Å². The number of thioether (sulfide) groups is 1. The number of carbonyl (C=O) groups is 1. The number of aromatic nitrogens is 3. The van der Waals surface area contributed by atoms with E-state index in [-0.39, 0.29) is 5.97 Å². The van der Waals surface area contributed by atoms with Gasteiger partial charge in [0.15, 0.2) is 5.16 Å². The fourth-order valence-electron chi connectivity index (χ4n) is 2.17. The molecule has 1 aromatic rings. The lowest BCUT2D eigenvalue weighted by molar-refractivity contribution is -0.136. The van der Waals surface area contributed by atoms with Gasteiger partial charge in [-0.1, -0.05) is 17.8 Å². The monoisotopic (exact) mass is 293 g/mol. The van der Waals surface area contributed by atoms with Crippen molar-refractivity contribution in [1.29, 1.82) is 0 Å². The van der Waals surface area contributed by atoms with Crippen LogP contribution < -0.4 is 0 Å². The van der Waals surface area contributed by atoms with E-state index in [1.54, 1.807) is 18.7 Å². The van der Waals surface area contributed by atoms with Crippen LogP contribution in [0.5, 0.6) is 0 Å². The SMILES string of the molecule is COC(=O)C(C)=CCSc1nnc(C2CC2)n1C1CC1. The Hall–Kier alpha value is -1.30. The highest BCUT2D eigenvalue weighted by molar-refractivity contribution is 7.99. The lowest BCUT2D eigenvalue weighted by Gasteiger charge is -2.07. The summed E-state index contributed by atoms with van der Waals surface area (Å²) in [4.78, 5) is 11.3. The van der Waals surface area contributed by atoms with Crippen molar-refractivity contribution in [2.24, 2.45) is 0 Å². The molecule has 20 heavy (non-hydrogen) atoms. The molecule has 2 saturated carbocycles. The van der Waals surface area contributed by atoms with Crippen molar-refractivity contribution in [3.05, 3.63) is 17.5 Å². The Morgan fingerprint density at radius 3 is 2.75 bits per heavy atom. The normalized spacial score (nSPS) is 19.2. The van der Waals surface area contributed by atoms with E-state index in [9.17, 15) is 4.79 Å². The molecule has 1 heterocycles. The number of hydrogen-bond acceptors (Lipinski definition) is 5. The molecule has 0 unspecified atom stereocenters. The lowest BCUT2D eigenvalue weighted by Crippen LogP contribution is -2.03. The summed E-state index contributed by atoms with van der Waals surface area (Å²) in [5, 5.41) is 9.69. The van der Waals surface area contributed by atoms with Crippen LogP contribution in [0.2, 0.25) is 0 Å². The van der Waals surface area contributed by atoms with Crippen molar-refractivity contribution < 1.29 is 9.53 Å². The number of methoxy groups -OCH3 is 1. The first-order valence-corrected chi connectivity index (χ1v) is 8.02. The third-order valence-corrected chi connectivity index (χ3v) is 4.52. The topological polar surface area (TPSA) is 57.0 Å². The first kappa shape index (κ1) is 13.7. The maximum absolute atomic E-state index is 11.3. The molecule has 0 radical (unpaired) electrons. The van der Waals surface area contributed by atoms with E-state index < -0.39 is 0 Å². The molecule has 2 fully saturated rings. The zero-order valence-electron chi connectivity index (χ0n) is 11.8. The molecule has 5 nitrogen and oxygen atoms in total. The summed E-state index contributed by atoms with van der Waals surface area (Å²) in [7, 11) is 1.40. The standard InChI is InChI=1S/C14H19N3O2S/c1-9(13(18)19-2)7-8-20-14-16-15-12(10-3-4-10)17(14)11-5-6-11/h7,10-11H,3-6,8H2,1-2H3. The average Bonchev–Trinajstić information content (AvgIpc) is 3.36. The van der Waals surface area contributed by atoms with Crippen molar-refractivity contribution in [3.8, 4) is 0 Å². The van der Waals surface area contributed by atoms with E-state index in [0.717, 1.165) is 10.9 Å². The van der Waals surface area contributed by atoms with Crippen molar-refractivity contribution in [2.75, 3.05) is 12.9 Å². The quantitative estimate of drug-likeness (QED) is 0.458. The molecule has 2 aliphatic carbocycles. The van der Waals surface area contributed by atoms with E-state index >= 15 is 0 Å². The molecular formula is C14H19N3O2S. The molecule has 0 amide bonds. The summed E-state index contributed by atoms with van der Waals surface area (Å²) in [6, 6.07) is 0.605. The summed E-state index contributed by atoms with van der Waals surface area (Å²) in [5.41, 5.74) is 0.639. The summed E-state index contributed by atoms with van der Waals surface area (Å²) < 4.78 is 7.00. The number of rotatable bonds is 6. The summed E-state index contributed by atoms with van der Waals surface area (Å²) in [6.07, 6.45) is 6.86. The molecule has 0 atom stereocenters. The van der Waals surface area contributed by atoms with Gasteiger partial charge in [0, 0.05) is 23.3 Å². The molecule has 6 heteroatoms. The number of hydrogen-bond donors (Lipinski definition) is 0. The van der Waals surface area contributed by atoms with Gasteiger partial charge in [-0.3, -0.25) is 0 Å². The molecule has 0 saturated heterocycles. The van der Waals surface area contributed by atoms with Crippen LogP contribution in [0.4, 0.5) is 0 Å². The highest BCUT2D eigenvalue weighted by Crippen LogP contribution is 2.45. The Morgan fingerprint density at radius 1 is 1.40 bits per heavy atom. The van der Waals surface area contributed by atoms with E-state index in [0.29, 0.717) is 17.5 Å². The molecule has 0 N–H and O–H groups in total. The average molecular weight is 293 g/mol. The number of nitrogens with zero attached hydrogens (tertiary/aromatic N) is 3. The molecule has 0 bridgehead atoms. The Balaban J connectivity index is 1.67. The van der Waals surface area contributed by atoms with Crippen LogP contribution in [-0.4, -0.2) is 33.6 Å². The van der Waals surface area contributed by atoms with Gasteiger partial charge in [-0.05, 0) is 32.6 Å². The maximum atomic E-state index is 11.3. The third-order valence-electron chi connectivity index (χ3n) is 3.65.